The van der Waals surface area contributed by atoms with E-state index in [2.05, 4.69) is 15.6 Å². The average Bonchev–Trinajstić information content (AvgIpc) is 3.16. The molecule has 3 aromatic rings. The lowest BCUT2D eigenvalue weighted by Crippen LogP contribution is -2.22. The SMILES string of the molecule is O=C(NCc1ccc2c(c1)OCO2)c1ccnc(Nc2ccc(F)cc2F)c1. The predicted octanol–water partition coefficient (Wildman–Crippen LogP) is 3.76. The Balaban J connectivity index is 1.42. The highest BCUT2D eigenvalue weighted by Gasteiger charge is 2.14. The first-order chi connectivity index (χ1) is 13.6. The predicted molar refractivity (Wildman–Crippen MR) is 97.6 cm³/mol. The second-order valence-electron chi connectivity index (χ2n) is 6.05. The molecule has 2 heterocycles. The number of amides is 1. The number of hydrogen-bond donors (Lipinski definition) is 2. The number of hydrogen-bond acceptors (Lipinski definition) is 5. The normalized spacial score (nSPS) is 11.9. The van der Waals surface area contributed by atoms with Gasteiger partial charge in [-0.15, -0.1) is 0 Å². The lowest BCUT2D eigenvalue weighted by atomic mass is 10.2. The molecule has 0 saturated carbocycles. The number of carbonyl (C=O) groups is 1. The van der Waals surface area contributed by atoms with Crippen LogP contribution in [0.3, 0.4) is 0 Å². The van der Waals surface area contributed by atoms with Crippen molar-refractivity contribution in [1.82, 2.24) is 10.3 Å². The Hall–Kier alpha value is -3.68. The molecule has 0 unspecified atom stereocenters. The summed E-state index contributed by atoms with van der Waals surface area (Å²) in [4.78, 5) is 16.5. The zero-order chi connectivity index (χ0) is 19.5. The lowest BCUT2D eigenvalue weighted by molar-refractivity contribution is 0.0950. The van der Waals surface area contributed by atoms with Crippen LogP contribution in [-0.4, -0.2) is 17.7 Å². The van der Waals surface area contributed by atoms with Crippen LogP contribution in [0.25, 0.3) is 0 Å². The minimum atomic E-state index is -0.750. The van der Waals surface area contributed by atoms with Crippen LogP contribution < -0.4 is 20.1 Å². The van der Waals surface area contributed by atoms with Crippen LogP contribution in [0.2, 0.25) is 0 Å². The van der Waals surface area contributed by atoms with Crippen LogP contribution in [0.5, 0.6) is 11.5 Å². The van der Waals surface area contributed by atoms with Gasteiger partial charge in [-0.25, -0.2) is 13.8 Å². The summed E-state index contributed by atoms with van der Waals surface area (Å²) < 4.78 is 37.3. The quantitative estimate of drug-likeness (QED) is 0.702. The summed E-state index contributed by atoms with van der Waals surface area (Å²) in [6.45, 7) is 0.486. The molecule has 0 saturated heterocycles. The number of nitrogens with one attached hydrogen (secondary N) is 2. The standard InChI is InChI=1S/C20H15F2N3O3/c21-14-2-3-16(15(22)9-14)25-19-8-13(5-6-23-19)20(26)24-10-12-1-4-17-18(7-12)28-11-27-17/h1-9H,10-11H2,(H,23,25)(H,24,26). The molecule has 1 aliphatic rings. The summed E-state index contributed by atoms with van der Waals surface area (Å²) in [5.41, 5.74) is 1.27. The summed E-state index contributed by atoms with van der Waals surface area (Å²) in [6, 6.07) is 11.6. The van der Waals surface area contributed by atoms with Gasteiger partial charge in [0, 0.05) is 24.4 Å². The fourth-order valence-corrected chi connectivity index (χ4v) is 2.70. The van der Waals surface area contributed by atoms with Crippen molar-refractivity contribution in [3.63, 3.8) is 0 Å². The molecule has 6 nitrogen and oxygen atoms in total. The second kappa shape index (κ2) is 7.51. The first-order valence-corrected chi connectivity index (χ1v) is 8.43. The number of benzene rings is 2. The number of fused-ring (bicyclic) bond motifs is 1. The largest absolute Gasteiger partial charge is 0.454 e. The van der Waals surface area contributed by atoms with E-state index in [1.54, 1.807) is 18.2 Å². The number of rotatable bonds is 5. The number of anilines is 2. The van der Waals surface area contributed by atoms with Crippen molar-refractivity contribution in [2.45, 2.75) is 6.54 Å². The molecule has 2 aromatic carbocycles. The van der Waals surface area contributed by atoms with Crippen LogP contribution in [0.1, 0.15) is 15.9 Å². The Labute approximate surface area is 159 Å². The van der Waals surface area contributed by atoms with Crippen LogP contribution >= 0.6 is 0 Å². The molecule has 142 valence electrons. The lowest BCUT2D eigenvalue weighted by Gasteiger charge is -2.09. The van der Waals surface area contributed by atoms with E-state index in [0.717, 1.165) is 17.7 Å². The number of halogens is 2. The summed E-state index contributed by atoms with van der Waals surface area (Å²) in [7, 11) is 0. The Kier molecular flexibility index (Phi) is 4.76. The van der Waals surface area contributed by atoms with E-state index in [1.165, 1.54) is 18.3 Å². The summed E-state index contributed by atoms with van der Waals surface area (Å²) in [5.74, 6) is -0.160. The van der Waals surface area contributed by atoms with Crippen LogP contribution in [0.4, 0.5) is 20.3 Å². The van der Waals surface area contributed by atoms with Crippen molar-refractivity contribution >= 4 is 17.4 Å². The van der Waals surface area contributed by atoms with E-state index >= 15 is 0 Å². The molecule has 1 amide bonds. The van der Waals surface area contributed by atoms with Gasteiger partial charge in [-0.3, -0.25) is 4.79 Å². The van der Waals surface area contributed by atoms with Crippen molar-refractivity contribution in [3.8, 4) is 11.5 Å². The van der Waals surface area contributed by atoms with Gasteiger partial charge in [0.25, 0.3) is 5.91 Å². The van der Waals surface area contributed by atoms with E-state index in [0.29, 0.717) is 23.6 Å². The van der Waals surface area contributed by atoms with Crippen molar-refractivity contribution < 1.29 is 23.0 Å². The summed E-state index contributed by atoms with van der Waals surface area (Å²) in [5, 5.41) is 5.54. The number of carbonyl (C=O) groups excluding carboxylic acids is 1. The Bertz CT molecular complexity index is 1040. The molecule has 2 N–H and O–H groups in total. The van der Waals surface area contributed by atoms with E-state index in [1.807, 2.05) is 6.07 Å². The highest BCUT2D eigenvalue weighted by molar-refractivity contribution is 5.94. The highest BCUT2D eigenvalue weighted by atomic mass is 19.1. The number of aromatic nitrogens is 1. The topological polar surface area (TPSA) is 72.5 Å². The molecule has 0 atom stereocenters. The highest BCUT2D eigenvalue weighted by Crippen LogP contribution is 2.32. The molecule has 28 heavy (non-hydrogen) atoms. The van der Waals surface area contributed by atoms with Gasteiger partial charge in [-0.1, -0.05) is 6.07 Å². The Morgan fingerprint density at radius 3 is 2.75 bits per heavy atom. The van der Waals surface area contributed by atoms with Crippen LogP contribution in [-0.2, 0) is 6.54 Å². The molecular weight excluding hydrogens is 368 g/mol. The van der Waals surface area contributed by atoms with Gasteiger partial charge in [-0.05, 0) is 42.0 Å². The first-order valence-electron chi connectivity index (χ1n) is 8.43. The van der Waals surface area contributed by atoms with Gasteiger partial charge in [0.05, 0.1) is 5.69 Å². The van der Waals surface area contributed by atoms with Gasteiger partial charge in [-0.2, -0.15) is 0 Å². The molecule has 0 radical (unpaired) electrons. The average molecular weight is 383 g/mol. The third-order valence-corrected chi connectivity index (χ3v) is 4.11. The van der Waals surface area contributed by atoms with Gasteiger partial charge >= 0.3 is 0 Å². The summed E-state index contributed by atoms with van der Waals surface area (Å²) >= 11 is 0. The fourth-order valence-electron chi connectivity index (χ4n) is 2.70. The Morgan fingerprint density at radius 1 is 1.04 bits per heavy atom. The molecule has 1 aromatic heterocycles. The molecule has 0 fully saturated rings. The van der Waals surface area contributed by atoms with E-state index in [9.17, 15) is 13.6 Å². The van der Waals surface area contributed by atoms with E-state index in [-0.39, 0.29) is 24.2 Å². The molecule has 0 spiro atoms. The third-order valence-electron chi connectivity index (χ3n) is 4.11. The van der Waals surface area contributed by atoms with Crippen LogP contribution in [0, 0.1) is 11.6 Å². The zero-order valence-corrected chi connectivity index (χ0v) is 14.5. The minimum Gasteiger partial charge on any atom is -0.454 e. The third kappa shape index (κ3) is 3.85. The van der Waals surface area contributed by atoms with Gasteiger partial charge in [0.1, 0.15) is 17.5 Å². The molecule has 8 heteroatoms. The molecule has 0 aliphatic carbocycles. The first kappa shape index (κ1) is 17.7. The number of nitrogens with zero attached hydrogens (tertiary/aromatic N) is 1. The maximum Gasteiger partial charge on any atom is 0.251 e. The molecule has 0 bridgehead atoms. The van der Waals surface area contributed by atoms with Gasteiger partial charge < -0.3 is 20.1 Å². The number of ether oxygens (including phenoxy) is 2. The van der Waals surface area contributed by atoms with Crippen molar-refractivity contribution in [3.05, 3.63) is 77.5 Å². The van der Waals surface area contributed by atoms with Gasteiger partial charge in [0.2, 0.25) is 6.79 Å². The maximum atomic E-state index is 13.8. The van der Waals surface area contributed by atoms with Gasteiger partial charge in [0.15, 0.2) is 11.5 Å². The molecule has 1 aliphatic heterocycles. The zero-order valence-electron chi connectivity index (χ0n) is 14.5. The molecular formula is C20H15F2N3O3. The fraction of sp³-hybridized carbons (Fsp3) is 0.100. The maximum absolute atomic E-state index is 13.8. The monoisotopic (exact) mass is 383 g/mol. The summed E-state index contributed by atoms with van der Waals surface area (Å²) in [6.07, 6.45) is 1.43. The minimum absolute atomic E-state index is 0.0619. The Morgan fingerprint density at radius 2 is 1.89 bits per heavy atom. The van der Waals surface area contributed by atoms with E-state index < -0.39 is 11.6 Å². The van der Waals surface area contributed by atoms with Crippen molar-refractivity contribution in [2.24, 2.45) is 0 Å². The van der Waals surface area contributed by atoms with Crippen molar-refractivity contribution in [2.75, 3.05) is 12.1 Å². The van der Waals surface area contributed by atoms with Crippen molar-refractivity contribution in [1.29, 1.82) is 0 Å². The second-order valence-corrected chi connectivity index (χ2v) is 6.05. The smallest absolute Gasteiger partial charge is 0.251 e. The number of pyridine rings is 1. The van der Waals surface area contributed by atoms with E-state index in [4.69, 9.17) is 9.47 Å². The molecule has 4 rings (SSSR count). The van der Waals surface area contributed by atoms with Crippen LogP contribution in [0.15, 0.2) is 54.7 Å².